The number of ether oxygens (including phenoxy) is 6. The van der Waals surface area contributed by atoms with E-state index in [1.54, 1.807) is 46.6 Å². The maximum atomic E-state index is 11.0. The molecule has 1 aliphatic heterocycles. The van der Waals surface area contributed by atoms with Crippen molar-refractivity contribution in [1.29, 1.82) is 0 Å². The van der Waals surface area contributed by atoms with Gasteiger partial charge < -0.3 is 33.5 Å². The van der Waals surface area contributed by atoms with Crippen molar-refractivity contribution in [2.75, 3.05) is 35.0 Å². The molecule has 7 nitrogen and oxygen atoms in total. The fourth-order valence-electron chi connectivity index (χ4n) is 3.46. The third-order valence-electron chi connectivity index (χ3n) is 4.78. The zero-order valence-corrected chi connectivity index (χ0v) is 16.7. The lowest BCUT2D eigenvalue weighted by Gasteiger charge is -2.37. The van der Waals surface area contributed by atoms with Gasteiger partial charge in [-0.15, -0.1) is 0 Å². The first-order valence-electron chi connectivity index (χ1n) is 9.02. The maximum Gasteiger partial charge on any atom is 0.203 e. The molecule has 1 N–H and O–H groups in total. The number of aliphatic hydroxyl groups excluding tert-OH is 1. The summed E-state index contributed by atoms with van der Waals surface area (Å²) < 4.78 is 33.7. The first-order valence-corrected chi connectivity index (χ1v) is 9.02. The van der Waals surface area contributed by atoms with Crippen LogP contribution in [-0.4, -0.2) is 46.3 Å². The number of aliphatic hydroxyl groups is 1. The molecule has 0 aromatic heterocycles. The standard InChI is InChI=1S/C21H26O7/c1-6-27-19-13-8-10-15(24-3)21(26-5)20(13)28-18(17(19)22)12-7-9-14(23-2)16(11-12)25-4/h7-11,17-19,22H,6H2,1-5H3/t17-,18-,19+/m1/s1. The van der Waals surface area contributed by atoms with Gasteiger partial charge in [0.2, 0.25) is 5.75 Å². The molecule has 0 saturated carbocycles. The Balaban J connectivity index is 2.10. The molecule has 3 atom stereocenters. The first-order chi connectivity index (χ1) is 13.6. The predicted molar refractivity (Wildman–Crippen MR) is 103 cm³/mol. The molecular weight excluding hydrogens is 364 g/mol. The molecule has 2 aromatic rings. The molecule has 0 saturated heterocycles. The zero-order valence-electron chi connectivity index (χ0n) is 16.7. The zero-order chi connectivity index (χ0) is 20.3. The molecule has 1 heterocycles. The summed E-state index contributed by atoms with van der Waals surface area (Å²) in [4.78, 5) is 0. The topological polar surface area (TPSA) is 75.6 Å². The summed E-state index contributed by atoms with van der Waals surface area (Å²) in [7, 11) is 6.25. The minimum absolute atomic E-state index is 0.439. The van der Waals surface area contributed by atoms with E-state index in [2.05, 4.69) is 0 Å². The molecule has 0 spiro atoms. The Morgan fingerprint density at radius 2 is 1.57 bits per heavy atom. The summed E-state index contributed by atoms with van der Waals surface area (Å²) >= 11 is 0. The second kappa shape index (κ2) is 8.58. The molecule has 0 amide bonds. The largest absolute Gasteiger partial charge is 0.493 e. The number of hydrogen-bond donors (Lipinski definition) is 1. The molecule has 3 rings (SSSR count). The average molecular weight is 390 g/mol. The van der Waals surface area contributed by atoms with Crippen molar-refractivity contribution < 1.29 is 33.5 Å². The summed E-state index contributed by atoms with van der Waals surface area (Å²) in [6.45, 7) is 2.32. The molecule has 0 fully saturated rings. The second-order valence-corrected chi connectivity index (χ2v) is 6.24. The Hall–Kier alpha value is -2.64. The van der Waals surface area contributed by atoms with E-state index in [0.717, 1.165) is 5.56 Å². The smallest absolute Gasteiger partial charge is 0.203 e. The SMILES string of the molecule is CCO[C@H]1c2ccc(OC)c(OC)c2O[C@H](c2ccc(OC)c(OC)c2)[C@H]1O. The number of hydrogen-bond acceptors (Lipinski definition) is 7. The predicted octanol–water partition coefficient (Wildman–Crippen LogP) is 3.29. The number of rotatable bonds is 7. The van der Waals surface area contributed by atoms with Crippen molar-refractivity contribution in [3.63, 3.8) is 0 Å². The summed E-state index contributed by atoms with van der Waals surface area (Å²) in [6.07, 6.45) is -2.19. The lowest BCUT2D eigenvalue weighted by Crippen LogP contribution is -2.36. The Bertz CT molecular complexity index is 821. The van der Waals surface area contributed by atoms with Crippen LogP contribution < -0.4 is 23.7 Å². The highest BCUT2D eigenvalue weighted by atomic mass is 16.6. The van der Waals surface area contributed by atoms with Crippen LogP contribution in [0.15, 0.2) is 30.3 Å². The van der Waals surface area contributed by atoms with E-state index in [-0.39, 0.29) is 0 Å². The molecule has 152 valence electrons. The molecule has 0 bridgehead atoms. The minimum Gasteiger partial charge on any atom is -0.493 e. The van der Waals surface area contributed by atoms with Crippen LogP contribution in [0.3, 0.4) is 0 Å². The monoisotopic (exact) mass is 390 g/mol. The van der Waals surface area contributed by atoms with E-state index in [1.165, 1.54) is 0 Å². The van der Waals surface area contributed by atoms with Crippen LogP contribution in [0, 0.1) is 0 Å². The molecule has 0 radical (unpaired) electrons. The Labute approximate surface area is 164 Å². The van der Waals surface area contributed by atoms with E-state index in [4.69, 9.17) is 28.4 Å². The Kier molecular flexibility index (Phi) is 6.16. The highest BCUT2D eigenvalue weighted by molar-refractivity contribution is 5.58. The quantitative estimate of drug-likeness (QED) is 0.777. The van der Waals surface area contributed by atoms with Crippen molar-refractivity contribution in [3.05, 3.63) is 41.5 Å². The van der Waals surface area contributed by atoms with Gasteiger partial charge in [-0.2, -0.15) is 0 Å². The van der Waals surface area contributed by atoms with Gasteiger partial charge in [-0.3, -0.25) is 0 Å². The van der Waals surface area contributed by atoms with Gasteiger partial charge in [0.1, 0.15) is 12.2 Å². The van der Waals surface area contributed by atoms with Crippen LogP contribution in [0.2, 0.25) is 0 Å². The fourth-order valence-corrected chi connectivity index (χ4v) is 3.46. The molecule has 28 heavy (non-hydrogen) atoms. The summed E-state index contributed by atoms with van der Waals surface area (Å²) in [6, 6.07) is 8.99. The highest BCUT2D eigenvalue weighted by Gasteiger charge is 2.41. The summed E-state index contributed by atoms with van der Waals surface area (Å²) in [5.74, 6) is 2.64. The van der Waals surface area contributed by atoms with Crippen molar-refractivity contribution >= 4 is 0 Å². The molecule has 0 unspecified atom stereocenters. The van der Waals surface area contributed by atoms with Crippen LogP contribution in [0.4, 0.5) is 0 Å². The number of fused-ring (bicyclic) bond motifs is 1. The van der Waals surface area contributed by atoms with E-state index >= 15 is 0 Å². The number of benzene rings is 2. The number of methoxy groups -OCH3 is 4. The summed E-state index contributed by atoms with van der Waals surface area (Å²) in [5.41, 5.74) is 1.44. The van der Waals surface area contributed by atoms with Gasteiger partial charge >= 0.3 is 0 Å². The van der Waals surface area contributed by atoms with E-state index < -0.39 is 18.3 Å². The van der Waals surface area contributed by atoms with Gasteiger partial charge in [-0.05, 0) is 36.8 Å². The Morgan fingerprint density at radius 3 is 2.18 bits per heavy atom. The second-order valence-electron chi connectivity index (χ2n) is 6.24. The van der Waals surface area contributed by atoms with Crippen molar-refractivity contribution in [1.82, 2.24) is 0 Å². The van der Waals surface area contributed by atoms with Crippen molar-refractivity contribution in [3.8, 4) is 28.7 Å². The normalized spacial score (nSPS) is 20.7. The molecule has 7 heteroatoms. The fraction of sp³-hybridized carbons (Fsp3) is 0.429. The third kappa shape index (κ3) is 3.43. The average Bonchev–Trinajstić information content (AvgIpc) is 2.73. The van der Waals surface area contributed by atoms with Gasteiger partial charge in [0.15, 0.2) is 29.1 Å². The third-order valence-corrected chi connectivity index (χ3v) is 4.78. The molecule has 2 aromatic carbocycles. The maximum absolute atomic E-state index is 11.0. The Morgan fingerprint density at radius 1 is 0.893 bits per heavy atom. The first kappa shape index (κ1) is 20.1. The highest BCUT2D eigenvalue weighted by Crippen LogP contribution is 2.51. The molecule has 1 aliphatic rings. The van der Waals surface area contributed by atoms with E-state index in [1.807, 2.05) is 19.1 Å². The van der Waals surface area contributed by atoms with Crippen molar-refractivity contribution in [2.45, 2.75) is 25.2 Å². The van der Waals surface area contributed by atoms with Gasteiger partial charge in [-0.1, -0.05) is 6.07 Å². The minimum atomic E-state index is -0.927. The van der Waals surface area contributed by atoms with Gasteiger partial charge in [0, 0.05) is 12.2 Å². The van der Waals surface area contributed by atoms with E-state index in [0.29, 0.717) is 40.9 Å². The van der Waals surface area contributed by atoms with Crippen LogP contribution in [0.25, 0.3) is 0 Å². The van der Waals surface area contributed by atoms with E-state index in [9.17, 15) is 5.11 Å². The molecular formula is C21H26O7. The van der Waals surface area contributed by atoms with Crippen LogP contribution in [0.5, 0.6) is 28.7 Å². The lowest BCUT2D eigenvalue weighted by molar-refractivity contribution is -0.0998. The lowest BCUT2D eigenvalue weighted by atomic mass is 9.91. The van der Waals surface area contributed by atoms with Gasteiger partial charge in [0.25, 0.3) is 0 Å². The van der Waals surface area contributed by atoms with Crippen LogP contribution in [-0.2, 0) is 4.74 Å². The molecule has 0 aliphatic carbocycles. The van der Waals surface area contributed by atoms with Crippen LogP contribution >= 0.6 is 0 Å². The van der Waals surface area contributed by atoms with Crippen molar-refractivity contribution in [2.24, 2.45) is 0 Å². The van der Waals surface area contributed by atoms with Crippen LogP contribution in [0.1, 0.15) is 30.3 Å². The summed E-state index contributed by atoms with van der Waals surface area (Å²) in [5, 5.41) is 11.0. The van der Waals surface area contributed by atoms with Gasteiger partial charge in [0.05, 0.1) is 28.4 Å². The van der Waals surface area contributed by atoms with Gasteiger partial charge in [-0.25, -0.2) is 0 Å².